The molecule has 9 nitrogen and oxygen atoms in total. The number of hydrogen-bond acceptors (Lipinski definition) is 6. The molecular formula is C27H31N5O4. The molecule has 0 saturated carbocycles. The molecule has 0 radical (unpaired) electrons. The van der Waals surface area contributed by atoms with Crippen molar-refractivity contribution in [3.05, 3.63) is 82.9 Å². The molecule has 2 amide bonds. The summed E-state index contributed by atoms with van der Waals surface area (Å²) in [5.74, 6) is 0.612. The van der Waals surface area contributed by atoms with Crippen molar-refractivity contribution >= 4 is 29.0 Å². The molecule has 3 rings (SSSR count). The zero-order chi connectivity index (χ0) is 26.1. The number of rotatable bonds is 11. The van der Waals surface area contributed by atoms with Gasteiger partial charge in [0.25, 0.3) is 5.91 Å². The van der Waals surface area contributed by atoms with Gasteiger partial charge in [0.05, 0.1) is 14.2 Å². The number of nitrogens with one attached hydrogen (secondary N) is 4. The second-order valence-electron chi connectivity index (χ2n) is 8.07. The van der Waals surface area contributed by atoms with Crippen LogP contribution < -0.4 is 31.2 Å². The molecule has 0 aliphatic heterocycles. The van der Waals surface area contributed by atoms with E-state index in [1.165, 1.54) is 14.2 Å². The molecule has 0 saturated heterocycles. The average molecular weight is 490 g/mol. The van der Waals surface area contributed by atoms with Crippen molar-refractivity contribution in [1.29, 1.82) is 5.41 Å². The first-order chi connectivity index (χ1) is 17.3. The minimum Gasteiger partial charge on any atom is -0.496 e. The van der Waals surface area contributed by atoms with Crippen molar-refractivity contribution in [3.63, 3.8) is 0 Å². The molecule has 36 heavy (non-hydrogen) atoms. The van der Waals surface area contributed by atoms with Gasteiger partial charge in [0.15, 0.2) is 0 Å². The van der Waals surface area contributed by atoms with Gasteiger partial charge in [0, 0.05) is 47.6 Å². The number of amides is 2. The number of nitrogen functional groups attached to an aromatic ring is 1. The summed E-state index contributed by atoms with van der Waals surface area (Å²) in [7, 11) is 3.08. The van der Waals surface area contributed by atoms with E-state index in [9.17, 15) is 9.59 Å². The molecule has 0 heterocycles. The lowest BCUT2D eigenvalue weighted by Gasteiger charge is -2.16. The Labute approximate surface area is 210 Å². The van der Waals surface area contributed by atoms with Crippen LogP contribution in [-0.2, 0) is 11.3 Å². The predicted octanol–water partition coefficient (Wildman–Crippen LogP) is 3.67. The van der Waals surface area contributed by atoms with Crippen molar-refractivity contribution in [2.24, 2.45) is 5.73 Å². The molecule has 0 aliphatic rings. The van der Waals surface area contributed by atoms with Gasteiger partial charge in [0.2, 0.25) is 5.91 Å². The Kier molecular flexibility index (Phi) is 8.88. The number of anilines is 2. The molecule has 9 heteroatoms. The molecule has 0 aromatic heterocycles. The molecule has 6 N–H and O–H groups in total. The molecule has 0 aliphatic carbocycles. The molecule has 188 valence electrons. The topological polar surface area (TPSA) is 139 Å². The number of methoxy groups -OCH3 is 2. The summed E-state index contributed by atoms with van der Waals surface area (Å²) in [5.41, 5.74) is 9.59. The molecule has 0 fully saturated rings. The fourth-order valence-corrected chi connectivity index (χ4v) is 3.61. The summed E-state index contributed by atoms with van der Waals surface area (Å²) in [6.07, 6.45) is 0.230. The summed E-state index contributed by atoms with van der Waals surface area (Å²) in [6.45, 7) is 2.43. The molecule has 0 atom stereocenters. The average Bonchev–Trinajstić information content (AvgIpc) is 2.88. The van der Waals surface area contributed by atoms with Crippen molar-refractivity contribution in [1.82, 2.24) is 5.32 Å². The van der Waals surface area contributed by atoms with Gasteiger partial charge in [-0.2, -0.15) is 0 Å². The second-order valence-corrected chi connectivity index (χ2v) is 8.07. The zero-order valence-electron chi connectivity index (χ0n) is 20.6. The van der Waals surface area contributed by atoms with Crippen LogP contribution in [0.15, 0.2) is 60.7 Å². The first-order valence-electron chi connectivity index (χ1n) is 11.4. The van der Waals surface area contributed by atoms with Gasteiger partial charge < -0.3 is 31.2 Å². The minimum atomic E-state index is -0.296. The van der Waals surface area contributed by atoms with E-state index in [4.69, 9.17) is 20.6 Å². The Morgan fingerprint density at radius 3 is 2.22 bits per heavy atom. The highest BCUT2D eigenvalue weighted by Crippen LogP contribution is 2.29. The fraction of sp³-hybridized carbons (Fsp3) is 0.222. The second kappa shape index (κ2) is 12.3. The van der Waals surface area contributed by atoms with Gasteiger partial charge in [-0.3, -0.25) is 15.0 Å². The number of benzene rings is 3. The highest BCUT2D eigenvalue weighted by Gasteiger charge is 2.15. The van der Waals surface area contributed by atoms with Crippen LogP contribution in [0, 0.1) is 12.3 Å². The van der Waals surface area contributed by atoms with Crippen LogP contribution in [0.4, 0.5) is 11.4 Å². The third-order valence-electron chi connectivity index (χ3n) is 5.60. The van der Waals surface area contributed by atoms with Crippen molar-refractivity contribution < 1.29 is 19.1 Å². The Bertz CT molecular complexity index is 1220. The smallest absolute Gasteiger partial charge is 0.251 e. The van der Waals surface area contributed by atoms with Crippen LogP contribution in [-0.4, -0.2) is 38.4 Å². The summed E-state index contributed by atoms with van der Waals surface area (Å²) >= 11 is 0. The maximum Gasteiger partial charge on any atom is 0.251 e. The quantitative estimate of drug-likeness (QED) is 0.206. The third kappa shape index (κ3) is 6.75. The molecule has 0 bridgehead atoms. The highest BCUT2D eigenvalue weighted by atomic mass is 16.5. The number of nitrogens with two attached hydrogens (primary N) is 1. The highest BCUT2D eigenvalue weighted by molar-refractivity contribution is 5.97. The van der Waals surface area contributed by atoms with Crippen LogP contribution in [0.3, 0.4) is 0 Å². The van der Waals surface area contributed by atoms with Gasteiger partial charge >= 0.3 is 0 Å². The number of hydrogen-bond donors (Lipinski definition) is 5. The van der Waals surface area contributed by atoms with Crippen LogP contribution in [0.25, 0.3) is 0 Å². The summed E-state index contributed by atoms with van der Waals surface area (Å²) in [5, 5.41) is 16.7. The first kappa shape index (κ1) is 26.1. The number of carbonyl (C=O) groups excluding carboxylic acids is 2. The van der Waals surface area contributed by atoms with E-state index in [0.717, 1.165) is 16.8 Å². The van der Waals surface area contributed by atoms with Gasteiger partial charge in [-0.1, -0.05) is 30.3 Å². The fourth-order valence-electron chi connectivity index (χ4n) is 3.61. The van der Waals surface area contributed by atoms with E-state index < -0.39 is 0 Å². The van der Waals surface area contributed by atoms with Crippen molar-refractivity contribution in [2.75, 3.05) is 31.4 Å². The Morgan fingerprint density at radius 2 is 1.61 bits per heavy atom. The van der Waals surface area contributed by atoms with E-state index in [-0.39, 0.29) is 30.6 Å². The number of carbonyl (C=O) groups is 2. The number of ether oxygens (including phenoxy) is 2. The third-order valence-corrected chi connectivity index (χ3v) is 5.60. The number of amidine groups is 1. The molecule has 3 aromatic rings. The van der Waals surface area contributed by atoms with Crippen LogP contribution >= 0.6 is 0 Å². The van der Waals surface area contributed by atoms with Crippen LogP contribution in [0.5, 0.6) is 11.5 Å². The SMILES string of the molecule is COc1cc(C(=O)NCc2ccc(C(=N)N)cc2NCCC(=O)Nc2ccccc2)cc(OC)c1C. The van der Waals surface area contributed by atoms with E-state index >= 15 is 0 Å². The zero-order valence-corrected chi connectivity index (χ0v) is 20.6. The van der Waals surface area contributed by atoms with Crippen LogP contribution in [0.1, 0.15) is 33.5 Å². The minimum absolute atomic E-state index is 0.0747. The summed E-state index contributed by atoms with van der Waals surface area (Å²) in [4.78, 5) is 25.2. The standard InChI is InChI=1S/C27H31N5O4/c1-17-23(35-2)14-20(15-24(17)36-3)27(34)31-16-19-10-9-18(26(28)29)13-22(19)30-12-11-25(33)32-21-7-5-4-6-8-21/h4-10,13-15,30H,11-12,16H2,1-3H3,(H3,28,29)(H,31,34)(H,32,33). The Hall–Kier alpha value is -4.53. The lowest BCUT2D eigenvalue weighted by atomic mass is 10.1. The van der Waals surface area contributed by atoms with E-state index in [1.807, 2.05) is 37.3 Å². The molecular weight excluding hydrogens is 458 g/mol. The predicted molar refractivity (Wildman–Crippen MR) is 141 cm³/mol. The lowest BCUT2D eigenvalue weighted by Crippen LogP contribution is -2.24. The van der Waals surface area contributed by atoms with Crippen LogP contribution in [0.2, 0.25) is 0 Å². The van der Waals surface area contributed by atoms with E-state index in [0.29, 0.717) is 34.9 Å². The normalized spacial score (nSPS) is 10.3. The molecule has 0 unspecified atom stereocenters. The van der Waals surface area contributed by atoms with Gasteiger partial charge in [-0.05, 0) is 42.8 Å². The monoisotopic (exact) mass is 489 g/mol. The van der Waals surface area contributed by atoms with E-state index in [2.05, 4.69) is 16.0 Å². The molecule has 3 aromatic carbocycles. The largest absolute Gasteiger partial charge is 0.496 e. The van der Waals surface area contributed by atoms with Crippen molar-refractivity contribution in [3.8, 4) is 11.5 Å². The van der Waals surface area contributed by atoms with E-state index in [1.54, 1.807) is 30.3 Å². The van der Waals surface area contributed by atoms with Gasteiger partial charge in [-0.15, -0.1) is 0 Å². The van der Waals surface area contributed by atoms with Crippen molar-refractivity contribution in [2.45, 2.75) is 19.9 Å². The Morgan fingerprint density at radius 1 is 0.944 bits per heavy atom. The van der Waals surface area contributed by atoms with Gasteiger partial charge in [-0.25, -0.2) is 0 Å². The summed E-state index contributed by atoms with van der Waals surface area (Å²) in [6, 6.07) is 17.8. The molecule has 0 spiro atoms. The summed E-state index contributed by atoms with van der Waals surface area (Å²) < 4.78 is 10.7. The Balaban J connectivity index is 1.68. The maximum absolute atomic E-state index is 12.9. The van der Waals surface area contributed by atoms with Gasteiger partial charge in [0.1, 0.15) is 17.3 Å². The lowest BCUT2D eigenvalue weighted by molar-refractivity contribution is -0.115. The maximum atomic E-state index is 12.9. The first-order valence-corrected chi connectivity index (χ1v) is 11.4. The number of para-hydroxylation sites is 1.